The molecule has 1 aromatic carbocycles. The molecule has 154 valence electrons. The van der Waals surface area contributed by atoms with Crippen LogP contribution >= 0.6 is 0 Å². The number of carbonyl (C=O) groups is 2. The Bertz CT molecular complexity index is 882. The van der Waals surface area contributed by atoms with Crippen molar-refractivity contribution in [3.05, 3.63) is 24.3 Å². The minimum Gasteiger partial charge on any atom is -0.399 e. The van der Waals surface area contributed by atoms with E-state index in [1.54, 1.807) is 0 Å². The zero-order chi connectivity index (χ0) is 20.7. The summed E-state index contributed by atoms with van der Waals surface area (Å²) < 4.78 is 68.0. The van der Waals surface area contributed by atoms with Crippen LogP contribution in [0.15, 0.2) is 29.2 Å². The van der Waals surface area contributed by atoms with Crippen molar-refractivity contribution in [3.8, 4) is 0 Å². The van der Waals surface area contributed by atoms with E-state index in [1.807, 2.05) is 0 Å². The summed E-state index contributed by atoms with van der Waals surface area (Å²) in [6.07, 6.45) is -2.47. The molecule has 2 fully saturated rings. The summed E-state index contributed by atoms with van der Waals surface area (Å²) >= 11 is 0. The zero-order valence-corrected chi connectivity index (χ0v) is 15.4. The van der Waals surface area contributed by atoms with E-state index < -0.39 is 44.7 Å². The zero-order valence-electron chi connectivity index (χ0n) is 14.6. The number of nitrogens with two attached hydrogens (primary N) is 1. The second kappa shape index (κ2) is 6.92. The molecule has 2 aliphatic rings. The van der Waals surface area contributed by atoms with Crippen LogP contribution in [0.5, 0.6) is 0 Å². The minimum atomic E-state index is -5.40. The summed E-state index contributed by atoms with van der Waals surface area (Å²) in [5.41, 5.74) is 1.90. The van der Waals surface area contributed by atoms with E-state index >= 15 is 0 Å². The first-order valence-electron chi connectivity index (χ1n) is 8.60. The molecule has 1 saturated heterocycles. The van der Waals surface area contributed by atoms with Gasteiger partial charge in [-0.1, -0.05) is 19.3 Å². The van der Waals surface area contributed by atoms with Gasteiger partial charge in [0, 0.05) is 11.7 Å². The molecular formula is C16H19F3N4O4S. The highest BCUT2D eigenvalue weighted by molar-refractivity contribution is 7.89. The van der Waals surface area contributed by atoms with Gasteiger partial charge in [-0.3, -0.25) is 9.69 Å². The molecule has 12 heteroatoms. The van der Waals surface area contributed by atoms with Crippen LogP contribution in [0.3, 0.4) is 0 Å². The smallest absolute Gasteiger partial charge is 0.399 e. The van der Waals surface area contributed by atoms with Crippen molar-refractivity contribution in [3.63, 3.8) is 0 Å². The molecular weight excluding hydrogens is 401 g/mol. The Morgan fingerprint density at radius 1 is 1.11 bits per heavy atom. The van der Waals surface area contributed by atoms with Gasteiger partial charge < -0.3 is 11.1 Å². The number of urea groups is 1. The number of amides is 3. The molecule has 0 spiro atoms. The fourth-order valence-corrected chi connectivity index (χ4v) is 4.71. The monoisotopic (exact) mass is 420 g/mol. The molecule has 1 heterocycles. The number of nitrogens with one attached hydrogen (secondary N) is 2. The molecule has 0 radical (unpaired) electrons. The largest absolute Gasteiger partial charge is 0.435 e. The maximum absolute atomic E-state index is 13.9. The number of nitrogen functional groups attached to an aromatic ring is 1. The molecule has 3 amide bonds. The summed E-state index contributed by atoms with van der Waals surface area (Å²) in [6, 6.07) is 2.42. The van der Waals surface area contributed by atoms with E-state index in [1.165, 1.54) is 22.2 Å². The van der Waals surface area contributed by atoms with Crippen LogP contribution in [0, 0.1) is 0 Å². The predicted octanol–water partition coefficient (Wildman–Crippen LogP) is 1.69. The van der Waals surface area contributed by atoms with Gasteiger partial charge in [0.1, 0.15) is 0 Å². The summed E-state index contributed by atoms with van der Waals surface area (Å²) in [5, 5.41) is 1.54. The minimum absolute atomic E-state index is 0.207. The van der Waals surface area contributed by atoms with E-state index in [0.29, 0.717) is 30.6 Å². The Hall–Kier alpha value is -2.34. The maximum atomic E-state index is 13.9. The van der Waals surface area contributed by atoms with Crippen LogP contribution in [0.2, 0.25) is 0 Å². The summed E-state index contributed by atoms with van der Waals surface area (Å²) in [7, 11) is -4.80. The number of anilines is 1. The summed E-state index contributed by atoms with van der Waals surface area (Å²) in [5.74, 6) is -1.67. The first kappa shape index (κ1) is 20.4. The standard InChI is InChI=1S/C16H19F3N4O4S/c17-16(18,19)15(22-28(26,27)12-8-6-10(20)7-9-12)13(24)23(14(25)21-15)11-4-2-1-3-5-11/h6-9,11,22H,1-5,20H2,(H,21,25). The number of hydrogen-bond acceptors (Lipinski definition) is 5. The average molecular weight is 420 g/mol. The molecule has 1 aliphatic heterocycles. The molecule has 1 aromatic rings. The number of alkyl halides is 3. The molecule has 28 heavy (non-hydrogen) atoms. The highest BCUT2D eigenvalue weighted by Crippen LogP contribution is 2.37. The number of nitrogens with zero attached hydrogens (tertiary/aromatic N) is 1. The van der Waals surface area contributed by atoms with E-state index in [4.69, 9.17) is 5.73 Å². The van der Waals surface area contributed by atoms with Crippen molar-refractivity contribution in [1.29, 1.82) is 0 Å². The fourth-order valence-electron chi connectivity index (χ4n) is 3.44. The quantitative estimate of drug-likeness (QED) is 0.506. The number of sulfonamides is 1. The SMILES string of the molecule is Nc1ccc(S(=O)(=O)NC2(C(F)(F)F)NC(=O)N(C3CCCCC3)C2=O)cc1. The maximum Gasteiger partial charge on any atom is 0.435 e. The first-order valence-corrected chi connectivity index (χ1v) is 10.1. The van der Waals surface area contributed by atoms with Gasteiger partial charge in [0.2, 0.25) is 10.0 Å². The lowest BCUT2D eigenvalue weighted by Crippen LogP contribution is -2.69. The third-order valence-corrected chi connectivity index (χ3v) is 6.36. The number of benzene rings is 1. The van der Waals surface area contributed by atoms with Crippen molar-refractivity contribution < 1.29 is 31.2 Å². The molecule has 3 rings (SSSR count). The molecule has 1 unspecified atom stereocenters. The number of imide groups is 1. The van der Waals surface area contributed by atoms with Crippen LogP contribution in [-0.2, 0) is 14.8 Å². The molecule has 0 bridgehead atoms. The lowest BCUT2D eigenvalue weighted by atomic mass is 9.94. The van der Waals surface area contributed by atoms with Gasteiger partial charge >= 0.3 is 12.2 Å². The summed E-state index contributed by atoms with van der Waals surface area (Å²) in [4.78, 5) is 25.0. The lowest BCUT2D eigenvalue weighted by Gasteiger charge is -2.32. The van der Waals surface area contributed by atoms with Crippen molar-refractivity contribution in [2.75, 3.05) is 5.73 Å². The number of halogens is 3. The van der Waals surface area contributed by atoms with Gasteiger partial charge in [0.25, 0.3) is 11.6 Å². The van der Waals surface area contributed by atoms with E-state index in [0.717, 1.165) is 18.6 Å². The van der Waals surface area contributed by atoms with Crippen molar-refractivity contribution in [1.82, 2.24) is 14.9 Å². The van der Waals surface area contributed by atoms with Gasteiger partial charge in [-0.15, -0.1) is 0 Å². The van der Waals surface area contributed by atoms with Crippen LogP contribution in [0.4, 0.5) is 23.7 Å². The van der Waals surface area contributed by atoms with Crippen molar-refractivity contribution in [2.24, 2.45) is 0 Å². The second-order valence-electron chi connectivity index (χ2n) is 6.82. The highest BCUT2D eigenvalue weighted by atomic mass is 32.2. The summed E-state index contributed by atoms with van der Waals surface area (Å²) in [6.45, 7) is 0. The predicted molar refractivity (Wildman–Crippen MR) is 92.2 cm³/mol. The van der Waals surface area contributed by atoms with Gasteiger partial charge in [-0.05, 0) is 37.1 Å². The lowest BCUT2D eigenvalue weighted by molar-refractivity contribution is -0.198. The molecule has 1 aliphatic carbocycles. The van der Waals surface area contributed by atoms with Crippen molar-refractivity contribution >= 4 is 27.6 Å². The van der Waals surface area contributed by atoms with Gasteiger partial charge in [-0.25, -0.2) is 13.2 Å². The Balaban J connectivity index is 1.99. The van der Waals surface area contributed by atoms with E-state index in [-0.39, 0.29) is 5.69 Å². The van der Waals surface area contributed by atoms with Crippen LogP contribution in [0.1, 0.15) is 32.1 Å². The Kier molecular flexibility index (Phi) is 5.04. The van der Waals surface area contributed by atoms with E-state index in [9.17, 15) is 31.2 Å². The second-order valence-corrected chi connectivity index (χ2v) is 8.50. The van der Waals surface area contributed by atoms with Gasteiger partial charge in [0.15, 0.2) is 0 Å². The van der Waals surface area contributed by atoms with Crippen molar-refractivity contribution in [2.45, 2.75) is 54.9 Å². The first-order chi connectivity index (χ1) is 13.0. The number of hydrogen-bond donors (Lipinski definition) is 3. The molecule has 1 saturated carbocycles. The van der Waals surface area contributed by atoms with Gasteiger partial charge in [-0.2, -0.15) is 17.9 Å². The Labute approximate surface area is 159 Å². The molecule has 0 aromatic heterocycles. The number of carbonyl (C=O) groups excluding carboxylic acids is 2. The highest BCUT2D eigenvalue weighted by Gasteiger charge is 2.70. The Morgan fingerprint density at radius 2 is 1.68 bits per heavy atom. The van der Waals surface area contributed by atoms with Crippen LogP contribution < -0.4 is 15.8 Å². The van der Waals surface area contributed by atoms with Crippen LogP contribution in [-0.4, -0.2) is 43.1 Å². The van der Waals surface area contributed by atoms with E-state index in [2.05, 4.69) is 0 Å². The Morgan fingerprint density at radius 3 is 2.21 bits per heavy atom. The topological polar surface area (TPSA) is 122 Å². The fraction of sp³-hybridized carbons (Fsp3) is 0.500. The van der Waals surface area contributed by atoms with Gasteiger partial charge in [0.05, 0.1) is 4.90 Å². The molecule has 1 atom stereocenters. The third-order valence-electron chi connectivity index (χ3n) is 4.90. The average Bonchev–Trinajstić information content (AvgIpc) is 2.86. The number of rotatable bonds is 4. The molecule has 8 nitrogen and oxygen atoms in total. The van der Waals surface area contributed by atoms with Crippen LogP contribution in [0.25, 0.3) is 0 Å². The normalized spacial score (nSPS) is 24.5. The molecule has 4 N–H and O–H groups in total. The third kappa shape index (κ3) is 3.41.